The molecule has 3 rings (SSSR count). The maximum Gasteiger partial charge on any atom is 0.410 e. The quantitative estimate of drug-likeness (QED) is 0.834. The van der Waals surface area contributed by atoms with Gasteiger partial charge < -0.3 is 14.7 Å². The Bertz CT molecular complexity index is 729. The van der Waals surface area contributed by atoms with Crippen molar-refractivity contribution in [2.75, 3.05) is 7.05 Å². The van der Waals surface area contributed by atoms with Crippen LogP contribution in [0.4, 0.5) is 18.0 Å². The summed E-state index contributed by atoms with van der Waals surface area (Å²) in [5.41, 5.74) is -2.92. The molecule has 0 radical (unpaired) electrons. The van der Waals surface area contributed by atoms with Crippen molar-refractivity contribution in [3.63, 3.8) is 0 Å². The molecule has 2 saturated carbocycles. The minimum atomic E-state index is -4.28. The summed E-state index contributed by atoms with van der Waals surface area (Å²) < 4.78 is 45.5. The van der Waals surface area contributed by atoms with Crippen molar-refractivity contribution >= 4 is 6.09 Å². The number of alkyl halides is 3. The molecule has 1 amide bonds. The topological polar surface area (TPSA) is 49.8 Å². The summed E-state index contributed by atoms with van der Waals surface area (Å²) in [5.74, 6) is 0. The van der Waals surface area contributed by atoms with Gasteiger partial charge in [-0.15, -0.1) is 0 Å². The Morgan fingerprint density at radius 3 is 2.22 bits per heavy atom. The normalized spacial score (nSPS) is 26.9. The Hall–Kier alpha value is -1.76. The molecule has 2 aliphatic rings. The van der Waals surface area contributed by atoms with E-state index in [1.807, 2.05) is 0 Å². The highest BCUT2D eigenvalue weighted by Gasteiger charge is 2.64. The summed E-state index contributed by atoms with van der Waals surface area (Å²) in [6, 6.07) is 5.96. The molecule has 0 aromatic heterocycles. The molecule has 27 heavy (non-hydrogen) atoms. The zero-order valence-electron chi connectivity index (χ0n) is 16.1. The fraction of sp³-hybridized carbons (Fsp3) is 0.650. The molecule has 1 N–H and O–H groups in total. The standard InChI is InChI=1S/C20H26F3NO3/c1-17(2,3)27-16(25)24(4)15-11-19(26,12-15)14-7-5-6-13(10-14)18(8-9-18)20(21,22)23/h5-7,10,15,26H,8-9,11-12H2,1-4H3. The fourth-order valence-electron chi connectivity index (χ4n) is 3.68. The van der Waals surface area contributed by atoms with Crippen LogP contribution in [0, 0.1) is 0 Å². The van der Waals surface area contributed by atoms with Crippen LogP contribution in [-0.2, 0) is 15.8 Å². The average Bonchev–Trinajstić information content (AvgIpc) is 3.31. The van der Waals surface area contributed by atoms with Crippen molar-refractivity contribution < 1.29 is 27.8 Å². The van der Waals surface area contributed by atoms with E-state index in [-0.39, 0.29) is 37.3 Å². The number of aliphatic hydroxyl groups is 1. The van der Waals surface area contributed by atoms with Crippen LogP contribution in [0.3, 0.4) is 0 Å². The molecule has 0 saturated heterocycles. The number of hydrogen-bond donors (Lipinski definition) is 1. The number of halogens is 3. The van der Waals surface area contributed by atoms with Gasteiger partial charge in [-0.25, -0.2) is 4.79 Å². The number of rotatable bonds is 3. The molecule has 0 heterocycles. The minimum absolute atomic E-state index is 0.0857. The van der Waals surface area contributed by atoms with E-state index in [1.165, 1.54) is 17.0 Å². The predicted molar refractivity (Wildman–Crippen MR) is 94.3 cm³/mol. The molecule has 2 fully saturated rings. The van der Waals surface area contributed by atoms with Gasteiger partial charge in [0.25, 0.3) is 0 Å². The first-order valence-electron chi connectivity index (χ1n) is 9.13. The maximum atomic E-state index is 13.4. The smallest absolute Gasteiger partial charge is 0.410 e. The molecule has 1 aromatic rings. The lowest BCUT2D eigenvalue weighted by molar-refractivity contribution is -0.160. The maximum absolute atomic E-state index is 13.4. The van der Waals surface area contributed by atoms with Gasteiger partial charge in [-0.1, -0.05) is 24.3 Å². The van der Waals surface area contributed by atoms with Gasteiger partial charge in [-0.3, -0.25) is 0 Å². The predicted octanol–water partition coefficient (Wildman–Crippen LogP) is 4.50. The number of hydrogen-bond acceptors (Lipinski definition) is 3. The zero-order chi connectivity index (χ0) is 20.3. The Morgan fingerprint density at radius 1 is 1.19 bits per heavy atom. The number of ether oxygens (including phenoxy) is 1. The van der Waals surface area contributed by atoms with Gasteiger partial charge in [0.15, 0.2) is 0 Å². The van der Waals surface area contributed by atoms with Gasteiger partial charge in [-0.2, -0.15) is 13.2 Å². The molecule has 150 valence electrons. The second-order valence-electron chi connectivity index (χ2n) is 8.85. The largest absolute Gasteiger partial charge is 0.444 e. The number of carbonyl (C=O) groups is 1. The van der Waals surface area contributed by atoms with Gasteiger partial charge in [0.05, 0.1) is 11.0 Å². The Labute approximate surface area is 157 Å². The summed E-state index contributed by atoms with van der Waals surface area (Å²) in [4.78, 5) is 13.6. The van der Waals surface area contributed by atoms with E-state index >= 15 is 0 Å². The first kappa shape index (κ1) is 20.0. The van der Waals surface area contributed by atoms with Crippen LogP contribution in [-0.4, -0.2) is 41.0 Å². The van der Waals surface area contributed by atoms with Crippen molar-refractivity contribution in [3.8, 4) is 0 Å². The number of nitrogens with zero attached hydrogens (tertiary/aromatic N) is 1. The lowest BCUT2D eigenvalue weighted by Crippen LogP contribution is -2.54. The van der Waals surface area contributed by atoms with Crippen LogP contribution < -0.4 is 0 Å². The van der Waals surface area contributed by atoms with E-state index in [0.29, 0.717) is 5.56 Å². The number of carbonyl (C=O) groups excluding carboxylic acids is 1. The first-order chi connectivity index (χ1) is 12.3. The Balaban J connectivity index is 1.71. The monoisotopic (exact) mass is 385 g/mol. The Morgan fingerprint density at radius 2 is 1.74 bits per heavy atom. The van der Waals surface area contributed by atoms with Crippen LogP contribution in [0.5, 0.6) is 0 Å². The second-order valence-corrected chi connectivity index (χ2v) is 8.85. The highest BCUT2D eigenvalue weighted by atomic mass is 19.4. The summed E-state index contributed by atoms with van der Waals surface area (Å²) in [5, 5.41) is 10.9. The van der Waals surface area contributed by atoms with E-state index in [9.17, 15) is 23.1 Å². The van der Waals surface area contributed by atoms with E-state index in [2.05, 4.69) is 0 Å². The molecule has 0 aliphatic heterocycles. The summed E-state index contributed by atoms with van der Waals surface area (Å²) in [7, 11) is 1.61. The van der Waals surface area contributed by atoms with E-state index in [1.54, 1.807) is 40.0 Å². The van der Waals surface area contributed by atoms with Crippen LogP contribution in [0.15, 0.2) is 24.3 Å². The highest BCUT2D eigenvalue weighted by molar-refractivity contribution is 5.68. The molecule has 0 spiro atoms. The Kier molecular flexibility index (Phi) is 4.53. The third-order valence-electron chi connectivity index (χ3n) is 5.62. The third-order valence-corrected chi connectivity index (χ3v) is 5.62. The molecule has 4 nitrogen and oxygen atoms in total. The second kappa shape index (κ2) is 6.12. The van der Waals surface area contributed by atoms with Gasteiger partial charge in [0, 0.05) is 25.9 Å². The molecule has 1 aromatic carbocycles. The van der Waals surface area contributed by atoms with Crippen LogP contribution >= 0.6 is 0 Å². The first-order valence-corrected chi connectivity index (χ1v) is 9.13. The fourth-order valence-corrected chi connectivity index (χ4v) is 3.68. The highest BCUT2D eigenvalue weighted by Crippen LogP contribution is 2.59. The SMILES string of the molecule is CN(C(=O)OC(C)(C)C)C1CC(O)(c2cccc(C3(C(F)(F)F)CC3)c2)C1. The van der Waals surface area contributed by atoms with Crippen molar-refractivity contribution in [1.82, 2.24) is 4.90 Å². The summed E-state index contributed by atoms with van der Waals surface area (Å²) in [6.45, 7) is 5.32. The minimum Gasteiger partial charge on any atom is -0.444 e. The van der Waals surface area contributed by atoms with Crippen molar-refractivity contribution in [1.29, 1.82) is 0 Å². The van der Waals surface area contributed by atoms with Crippen LogP contribution in [0.1, 0.15) is 57.6 Å². The molecule has 0 atom stereocenters. The van der Waals surface area contributed by atoms with E-state index < -0.39 is 28.9 Å². The average molecular weight is 385 g/mol. The van der Waals surface area contributed by atoms with Gasteiger partial charge in [-0.05, 0) is 44.7 Å². The number of amides is 1. The van der Waals surface area contributed by atoms with Crippen LogP contribution in [0.25, 0.3) is 0 Å². The molecular weight excluding hydrogens is 359 g/mol. The summed E-state index contributed by atoms with van der Waals surface area (Å²) in [6.07, 6.45) is -4.05. The van der Waals surface area contributed by atoms with Gasteiger partial charge in [0.1, 0.15) is 5.60 Å². The van der Waals surface area contributed by atoms with Crippen molar-refractivity contribution in [2.24, 2.45) is 0 Å². The van der Waals surface area contributed by atoms with Crippen molar-refractivity contribution in [3.05, 3.63) is 35.4 Å². The molecular formula is C20H26F3NO3. The third kappa shape index (κ3) is 3.66. The van der Waals surface area contributed by atoms with E-state index in [4.69, 9.17) is 4.74 Å². The zero-order valence-corrected chi connectivity index (χ0v) is 16.1. The number of benzene rings is 1. The summed E-state index contributed by atoms with van der Waals surface area (Å²) >= 11 is 0. The lowest BCUT2D eigenvalue weighted by Gasteiger charge is -2.47. The molecule has 0 bridgehead atoms. The molecule has 2 aliphatic carbocycles. The lowest BCUT2D eigenvalue weighted by atomic mass is 9.70. The molecule has 7 heteroatoms. The van der Waals surface area contributed by atoms with Crippen molar-refractivity contribution in [2.45, 2.75) is 75.3 Å². The van der Waals surface area contributed by atoms with Crippen LogP contribution in [0.2, 0.25) is 0 Å². The van der Waals surface area contributed by atoms with Gasteiger partial charge >= 0.3 is 12.3 Å². The van der Waals surface area contributed by atoms with E-state index in [0.717, 1.165) is 0 Å². The van der Waals surface area contributed by atoms with Gasteiger partial charge in [0.2, 0.25) is 0 Å². The molecule has 0 unspecified atom stereocenters.